The Balaban J connectivity index is 2.23. The average molecular weight is 320 g/mol. The van der Waals surface area contributed by atoms with Gasteiger partial charge in [0.25, 0.3) is 0 Å². The Labute approximate surface area is 137 Å². The molecular weight excluding hydrogens is 308 g/mol. The van der Waals surface area contributed by atoms with Crippen molar-refractivity contribution < 1.29 is 19.8 Å². The Kier molecular flexibility index (Phi) is 4.03. The molecule has 0 bridgehead atoms. The van der Waals surface area contributed by atoms with Gasteiger partial charge >= 0.3 is 11.9 Å². The summed E-state index contributed by atoms with van der Waals surface area (Å²) in [4.78, 5) is 31.4. The first-order valence-electron chi connectivity index (χ1n) is 7.05. The van der Waals surface area contributed by atoms with Crippen LogP contribution in [0.15, 0.2) is 60.9 Å². The fraction of sp³-hybridized carbons (Fsp3) is 0. The number of pyridine rings is 2. The molecule has 0 atom stereocenters. The van der Waals surface area contributed by atoms with Crippen molar-refractivity contribution in [1.29, 1.82) is 0 Å². The normalized spacial score (nSPS) is 10.3. The number of hydrogen-bond acceptors (Lipinski definition) is 4. The molecule has 2 heterocycles. The SMILES string of the molecule is O=C(O)c1cccc(C(=O)O)c1-c1ccnc(-c2ccccn2)c1. The number of hydrogen-bond donors (Lipinski definition) is 2. The number of carboxylic acids is 2. The second-order valence-electron chi connectivity index (χ2n) is 4.98. The van der Waals surface area contributed by atoms with Crippen molar-refractivity contribution in [3.05, 3.63) is 72.1 Å². The van der Waals surface area contributed by atoms with Gasteiger partial charge in [-0.15, -0.1) is 0 Å². The summed E-state index contributed by atoms with van der Waals surface area (Å²) < 4.78 is 0. The van der Waals surface area contributed by atoms with Gasteiger partial charge in [0.1, 0.15) is 0 Å². The lowest BCUT2D eigenvalue weighted by Gasteiger charge is -2.11. The molecule has 24 heavy (non-hydrogen) atoms. The number of aromatic nitrogens is 2. The molecule has 2 N–H and O–H groups in total. The summed E-state index contributed by atoms with van der Waals surface area (Å²) in [5.41, 5.74) is 1.60. The molecule has 1 aromatic carbocycles. The minimum atomic E-state index is -1.19. The van der Waals surface area contributed by atoms with Crippen LogP contribution in [0.4, 0.5) is 0 Å². The molecule has 6 nitrogen and oxygen atoms in total. The van der Waals surface area contributed by atoms with Crippen LogP contribution in [0.25, 0.3) is 22.5 Å². The Bertz CT molecular complexity index is 891. The Morgan fingerprint density at radius 2 is 1.42 bits per heavy atom. The van der Waals surface area contributed by atoms with Crippen molar-refractivity contribution in [3.8, 4) is 22.5 Å². The number of benzene rings is 1. The van der Waals surface area contributed by atoms with Crippen molar-refractivity contribution in [2.75, 3.05) is 0 Å². The van der Waals surface area contributed by atoms with E-state index in [2.05, 4.69) is 9.97 Å². The van der Waals surface area contributed by atoms with E-state index in [1.54, 1.807) is 30.5 Å². The fourth-order valence-electron chi connectivity index (χ4n) is 2.46. The summed E-state index contributed by atoms with van der Waals surface area (Å²) in [6.45, 7) is 0. The molecule has 6 heteroatoms. The van der Waals surface area contributed by atoms with Gasteiger partial charge < -0.3 is 10.2 Å². The lowest BCUT2D eigenvalue weighted by molar-refractivity contribution is 0.0696. The van der Waals surface area contributed by atoms with Gasteiger partial charge in [-0.05, 0) is 42.0 Å². The Morgan fingerprint density at radius 3 is 2.00 bits per heavy atom. The van der Waals surface area contributed by atoms with E-state index in [0.717, 1.165) is 0 Å². The monoisotopic (exact) mass is 320 g/mol. The molecule has 0 amide bonds. The van der Waals surface area contributed by atoms with E-state index >= 15 is 0 Å². The number of carbonyl (C=O) groups is 2. The van der Waals surface area contributed by atoms with Gasteiger partial charge in [-0.1, -0.05) is 12.1 Å². The third-order valence-corrected chi connectivity index (χ3v) is 3.50. The van der Waals surface area contributed by atoms with Crippen LogP contribution in [0.1, 0.15) is 20.7 Å². The van der Waals surface area contributed by atoms with Gasteiger partial charge in [-0.3, -0.25) is 9.97 Å². The quantitative estimate of drug-likeness (QED) is 0.765. The first-order chi connectivity index (χ1) is 11.6. The van der Waals surface area contributed by atoms with Gasteiger partial charge in [0.05, 0.1) is 22.5 Å². The summed E-state index contributed by atoms with van der Waals surface area (Å²) >= 11 is 0. The van der Waals surface area contributed by atoms with Crippen LogP contribution in [0.3, 0.4) is 0 Å². The van der Waals surface area contributed by atoms with E-state index in [4.69, 9.17) is 0 Å². The van der Waals surface area contributed by atoms with E-state index in [9.17, 15) is 19.8 Å². The van der Waals surface area contributed by atoms with Crippen LogP contribution in [0.5, 0.6) is 0 Å². The van der Waals surface area contributed by atoms with Crippen LogP contribution in [-0.2, 0) is 0 Å². The zero-order valence-corrected chi connectivity index (χ0v) is 12.4. The summed E-state index contributed by atoms with van der Waals surface area (Å²) in [6, 6.07) is 12.7. The van der Waals surface area contributed by atoms with Crippen molar-refractivity contribution in [2.24, 2.45) is 0 Å². The average Bonchev–Trinajstić information content (AvgIpc) is 2.61. The standard InChI is InChI=1S/C18H12N2O4/c21-17(22)12-4-3-5-13(18(23)24)16(12)11-7-9-20-15(10-11)14-6-1-2-8-19-14/h1-10H,(H,21,22)(H,23,24). The number of rotatable bonds is 4. The molecule has 0 unspecified atom stereocenters. The highest BCUT2D eigenvalue weighted by Gasteiger charge is 2.20. The first kappa shape index (κ1) is 15.4. The third kappa shape index (κ3) is 2.85. The van der Waals surface area contributed by atoms with Crippen LogP contribution in [0, 0.1) is 0 Å². The van der Waals surface area contributed by atoms with Crippen LogP contribution >= 0.6 is 0 Å². The summed E-state index contributed by atoms with van der Waals surface area (Å²) in [6.07, 6.45) is 3.13. The molecule has 0 radical (unpaired) electrons. The molecular formula is C18H12N2O4. The number of carboxylic acid groups (broad SMARTS) is 2. The maximum absolute atomic E-state index is 11.5. The number of aromatic carboxylic acids is 2. The van der Waals surface area contributed by atoms with Gasteiger partial charge in [-0.25, -0.2) is 9.59 Å². The molecule has 0 aliphatic heterocycles. The van der Waals surface area contributed by atoms with Crippen LogP contribution in [-0.4, -0.2) is 32.1 Å². The molecule has 2 aromatic heterocycles. The minimum Gasteiger partial charge on any atom is -0.478 e. The Hall–Kier alpha value is -3.54. The van der Waals surface area contributed by atoms with Crippen LogP contribution < -0.4 is 0 Å². The molecule has 3 rings (SSSR count). The molecule has 0 saturated carbocycles. The lowest BCUT2D eigenvalue weighted by atomic mass is 9.94. The topological polar surface area (TPSA) is 100 Å². The van der Waals surface area contributed by atoms with Crippen LogP contribution in [0.2, 0.25) is 0 Å². The molecule has 0 spiro atoms. The van der Waals surface area contributed by atoms with Crippen molar-refractivity contribution in [2.45, 2.75) is 0 Å². The first-order valence-corrected chi connectivity index (χ1v) is 7.05. The number of nitrogens with zero attached hydrogens (tertiary/aromatic N) is 2. The summed E-state index contributed by atoms with van der Waals surface area (Å²) in [7, 11) is 0. The third-order valence-electron chi connectivity index (χ3n) is 3.50. The minimum absolute atomic E-state index is 0.0759. The van der Waals surface area contributed by atoms with Crippen molar-refractivity contribution in [3.63, 3.8) is 0 Å². The predicted octanol–water partition coefficient (Wildman–Crippen LogP) is 3.21. The van der Waals surface area contributed by atoms with E-state index in [1.165, 1.54) is 24.4 Å². The summed E-state index contributed by atoms with van der Waals surface area (Å²) in [5.74, 6) is -2.38. The lowest BCUT2D eigenvalue weighted by Crippen LogP contribution is -2.07. The van der Waals surface area contributed by atoms with Crippen molar-refractivity contribution in [1.82, 2.24) is 9.97 Å². The predicted molar refractivity (Wildman–Crippen MR) is 86.8 cm³/mol. The second-order valence-corrected chi connectivity index (χ2v) is 4.98. The molecule has 3 aromatic rings. The largest absolute Gasteiger partial charge is 0.478 e. The molecule has 0 aliphatic carbocycles. The highest BCUT2D eigenvalue weighted by atomic mass is 16.4. The van der Waals surface area contributed by atoms with E-state index in [0.29, 0.717) is 17.0 Å². The fourth-order valence-corrected chi connectivity index (χ4v) is 2.46. The molecule has 0 saturated heterocycles. The van der Waals surface area contributed by atoms with E-state index in [1.807, 2.05) is 6.07 Å². The van der Waals surface area contributed by atoms with Gasteiger partial charge in [0.15, 0.2) is 0 Å². The van der Waals surface area contributed by atoms with Gasteiger partial charge in [0, 0.05) is 18.0 Å². The maximum Gasteiger partial charge on any atom is 0.336 e. The second kappa shape index (κ2) is 6.29. The van der Waals surface area contributed by atoms with Gasteiger partial charge in [0.2, 0.25) is 0 Å². The van der Waals surface area contributed by atoms with E-state index < -0.39 is 11.9 Å². The summed E-state index contributed by atoms with van der Waals surface area (Å²) in [5, 5.41) is 18.8. The smallest absolute Gasteiger partial charge is 0.336 e. The maximum atomic E-state index is 11.5. The molecule has 118 valence electrons. The van der Waals surface area contributed by atoms with Gasteiger partial charge in [-0.2, -0.15) is 0 Å². The van der Waals surface area contributed by atoms with Crippen molar-refractivity contribution >= 4 is 11.9 Å². The molecule has 0 aliphatic rings. The van der Waals surface area contributed by atoms with E-state index in [-0.39, 0.29) is 16.7 Å². The Morgan fingerprint density at radius 1 is 0.750 bits per heavy atom. The zero-order chi connectivity index (χ0) is 17.1. The zero-order valence-electron chi connectivity index (χ0n) is 12.4. The highest BCUT2D eigenvalue weighted by Crippen LogP contribution is 2.30. The highest BCUT2D eigenvalue weighted by molar-refractivity contribution is 6.05. The molecule has 0 fully saturated rings.